The van der Waals surface area contributed by atoms with Crippen molar-refractivity contribution >= 4 is 46.0 Å². The molecular weight excluding hydrogens is 642 g/mol. The molecule has 0 radical (unpaired) electrons. The molecule has 5 atom stereocenters. The second kappa shape index (κ2) is 14.4. The van der Waals surface area contributed by atoms with Crippen molar-refractivity contribution < 1.29 is 41.9 Å². The molecular formula is C33H43N5O9S. The summed E-state index contributed by atoms with van der Waals surface area (Å²) in [5.41, 5.74) is 0.191. The first kappa shape index (κ1) is 34.9. The number of hydrogen-bond donors (Lipinski definition) is 4. The standard InChI is InChI=1S/C33H43N5O9S/c1-4-23-17-33(23,30(41)37-48(44,45)25-12-13-25)36-28(39)26-16-24-19-38(26)29(40)27(20(2)3)35-32(43)46-14-7-5-6-9-21-10-8-11-22(15-21)18-34-31(42)47-24/h4,6,8-11,15,20,23-27H,1,5,7,12-14,16-19H2,2-3H3,(H,34,42)(H,35,43)(H,36,39)(H,37,41)/b9-6+/t23-,24+,26-,27-,33-/m0/s1. The maximum atomic E-state index is 14.0. The first-order chi connectivity index (χ1) is 22.8. The van der Waals surface area contributed by atoms with Gasteiger partial charge in [-0.15, -0.1) is 6.58 Å². The number of carbonyl (C=O) groups is 5. The van der Waals surface area contributed by atoms with Crippen LogP contribution in [-0.2, 0) is 40.4 Å². The van der Waals surface area contributed by atoms with E-state index in [0.29, 0.717) is 25.7 Å². The molecule has 4 N–H and O–H groups in total. The Morgan fingerprint density at radius 3 is 2.62 bits per heavy atom. The van der Waals surface area contributed by atoms with Gasteiger partial charge in [-0.2, -0.15) is 0 Å². The fourth-order valence-corrected chi connectivity index (χ4v) is 7.38. The summed E-state index contributed by atoms with van der Waals surface area (Å²) in [4.78, 5) is 68.0. The molecule has 0 spiro atoms. The number of rotatable bonds is 7. The summed E-state index contributed by atoms with van der Waals surface area (Å²) < 4.78 is 38.2. The molecule has 14 nitrogen and oxygen atoms in total. The highest BCUT2D eigenvalue weighted by Gasteiger charge is 2.62. The van der Waals surface area contributed by atoms with Gasteiger partial charge in [0.25, 0.3) is 5.91 Å². The largest absolute Gasteiger partial charge is 0.450 e. The van der Waals surface area contributed by atoms with E-state index in [4.69, 9.17) is 9.47 Å². The van der Waals surface area contributed by atoms with Crippen LogP contribution in [0.15, 0.2) is 43.0 Å². The van der Waals surface area contributed by atoms with Crippen molar-refractivity contribution in [1.29, 1.82) is 0 Å². The van der Waals surface area contributed by atoms with E-state index in [-0.39, 0.29) is 32.5 Å². The summed E-state index contributed by atoms with van der Waals surface area (Å²) >= 11 is 0. The van der Waals surface area contributed by atoms with Crippen molar-refractivity contribution in [3.8, 4) is 0 Å². The normalized spacial score (nSPS) is 29.0. The number of carbonyl (C=O) groups excluding carboxylic acids is 5. The number of nitrogens with zero attached hydrogens (tertiary/aromatic N) is 1. The Morgan fingerprint density at radius 2 is 1.94 bits per heavy atom. The molecule has 2 aliphatic carbocycles. The minimum atomic E-state index is -3.90. The lowest BCUT2D eigenvalue weighted by Crippen LogP contribution is -2.59. The van der Waals surface area contributed by atoms with E-state index in [2.05, 4.69) is 27.3 Å². The first-order valence-electron chi connectivity index (χ1n) is 16.3. The Balaban J connectivity index is 1.37. The highest BCUT2D eigenvalue weighted by Crippen LogP contribution is 2.45. The van der Waals surface area contributed by atoms with Crippen LogP contribution in [0.4, 0.5) is 9.59 Å². The number of fused-ring (bicyclic) bond motifs is 4. The summed E-state index contributed by atoms with van der Waals surface area (Å²) in [6, 6.07) is 5.27. The van der Waals surface area contributed by atoms with Gasteiger partial charge < -0.3 is 30.3 Å². The number of hydrogen-bond acceptors (Lipinski definition) is 9. The smallest absolute Gasteiger partial charge is 0.407 e. The Hall–Kier alpha value is -4.40. The van der Waals surface area contributed by atoms with E-state index >= 15 is 0 Å². The van der Waals surface area contributed by atoms with Crippen LogP contribution in [0.25, 0.3) is 6.08 Å². The highest BCUT2D eigenvalue weighted by molar-refractivity contribution is 7.91. The van der Waals surface area contributed by atoms with Crippen LogP contribution >= 0.6 is 0 Å². The lowest BCUT2D eigenvalue weighted by Gasteiger charge is -2.31. The molecule has 3 fully saturated rings. The quantitative estimate of drug-likeness (QED) is 0.312. The Bertz CT molecular complexity index is 1590. The van der Waals surface area contributed by atoms with E-state index in [9.17, 15) is 32.4 Å². The zero-order valence-electron chi connectivity index (χ0n) is 27.1. The maximum Gasteiger partial charge on any atom is 0.407 e. The van der Waals surface area contributed by atoms with Crippen LogP contribution in [-0.4, -0.2) is 85.4 Å². The second-order valence-electron chi connectivity index (χ2n) is 13.1. The van der Waals surface area contributed by atoms with Crippen molar-refractivity contribution in [2.75, 3.05) is 13.2 Å². The molecule has 1 saturated heterocycles. The molecule has 5 rings (SSSR count). The molecule has 1 aromatic rings. The van der Waals surface area contributed by atoms with Gasteiger partial charge in [0.05, 0.1) is 18.4 Å². The molecule has 2 saturated carbocycles. The molecule has 1 aromatic carbocycles. The third kappa shape index (κ3) is 8.17. The third-order valence-electron chi connectivity index (χ3n) is 9.02. The van der Waals surface area contributed by atoms with Crippen LogP contribution in [0.3, 0.4) is 0 Å². The molecule has 4 bridgehead atoms. The van der Waals surface area contributed by atoms with E-state index in [1.165, 1.54) is 11.0 Å². The van der Waals surface area contributed by atoms with Gasteiger partial charge in [0.15, 0.2) is 0 Å². The average molecular weight is 686 g/mol. The summed E-state index contributed by atoms with van der Waals surface area (Å²) in [6.07, 6.45) is 5.02. The van der Waals surface area contributed by atoms with Crippen molar-refractivity contribution in [2.45, 2.75) is 87.9 Å². The van der Waals surface area contributed by atoms with Crippen molar-refractivity contribution in [1.82, 2.24) is 25.6 Å². The molecule has 0 aromatic heterocycles. The van der Waals surface area contributed by atoms with Gasteiger partial charge in [-0.25, -0.2) is 18.0 Å². The molecule has 15 heteroatoms. The summed E-state index contributed by atoms with van der Waals surface area (Å²) in [5.74, 6) is -3.16. The van der Waals surface area contributed by atoms with Crippen molar-refractivity contribution in [3.05, 3.63) is 54.1 Å². The molecule has 48 heavy (non-hydrogen) atoms. The van der Waals surface area contributed by atoms with E-state index < -0.39 is 80.7 Å². The minimum Gasteiger partial charge on any atom is -0.450 e. The fraction of sp³-hybridized carbons (Fsp3) is 0.545. The second-order valence-corrected chi connectivity index (χ2v) is 15.1. The lowest BCUT2D eigenvalue weighted by molar-refractivity contribution is -0.141. The zero-order chi connectivity index (χ0) is 34.6. The monoisotopic (exact) mass is 685 g/mol. The molecule has 2 heterocycles. The zero-order valence-corrected chi connectivity index (χ0v) is 27.9. The average Bonchev–Trinajstić information content (AvgIpc) is 3.97. The topological polar surface area (TPSA) is 189 Å². The van der Waals surface area contributed by atoms with Gasteiger partial charge in [0.2, 0.25) is 21.8 Å². The van der Waals surface area contributed by atoms with Gasteiger partial charge in [0, 0.05) is 18.9 Å². The number of alkyl carbamates (subject to hydrolysis) is 2. The van der Waals surface area contributed by atoms with E-state index in [1.807, 2.05) is 36.4 Å². The molecule has 0 unspecified atom stereocenters. The van der Waals surface area contributed by atoms with E-state index in [0.717, 1.165) is 11.1 Å². The Labute approximate surface area is 280 Å². The summed E-state index contributed by atoms with van der Waals surface area (Å²) in [6.45, 7) is 7.31. The summed E-state index contributed by atoms with van der Waals surface area (Å²) in [5, 5.41) is 7.37. The molecule has 2 aliphatic heterocycles. The van der Waals surface area contributed by atoms with Gasteiger partial charge in [-0.3, -0.25) is 19.1 Å². The van der Waals surface area contributed by atoms with Gasteiger partial charge >= 0.3 is 12.2 Å². The number of ether oxygens (including phenoxy) is 2. The Kier molecular flexibility index (Phi) is 10.5. The maximum absolute atomic E-state index is 14.0. The lowest BCUT2D eigenvalue weighted by atomic mass is 10.0. The number of sulfonamides is 1. The van der Waals surface area contributed by atoms with Gasteiger partial charge in [-0.1, -0.05) is 50.3 Å². The van der Waals surface area contributed by atoms with Crippen molar-refractivity contribution in [3.63, 3.8) is 0 Å². The first-order valence-corrected chi connectivity index (χ1v) is 17.8. The number of amides is 5. The van der Waals surface area contributed by atoms with Gasteiger partial charge in [0.1, 0.15) is 23.7 Å². The SMILES string of the molecule is C=C[C@H]1C[C@@]1(NC(=O)[C@@H]1C[C@@H]2CN1C(=O)[C@H](C(C)C)NC(=O)OCCC/C=C/c1cccc(c1)CNC(=O)O2)C(=O)NS(=O)(=O)C1CC1. The third-order valence-corrected chi connectivity index (χ3v) is 10.8. The number of cyclic esters (lactones) is 1. The molecule has 4 aliphatic rings. The Morgan fingerprint density at radius 1 is 1.17 bits per heavy atom. The van der Waals surface area contributed by atoms with Gasteiger partial charge in [-0.05, 0) is 55.2 Å². The van der Waals surface area contributed by atoms with E-state index in [1.54, 1.807) is 13.8 Å². The van der Waals surface area contributed by atoms with Crippen LogP contribution in [0.2, 0.25) is 0 Å². The molecule has 260 valence electrons. The predicted octanol–water partition coefficient (Wildman–Crippen LogP) is 2.11. The minimum absolute atomic E-state index is 0.0998. The van der Waals surface area contributed by atoms with Crippen molar-refractivity contribution in [2.24, 2.45) is 11.8 Å². The predicted molar refractivity (Wildman–Crippen MR) is 174 cm³/mol. The summed E-state index contributed by atoms with van der Waals surface area (Å²) in [7, 11) is -3.90. The molecule has 5 amide bonds. The number of nitrogens with one attached hydrogen (secondary N) is 4. The van der Waals surface area contributed by atoms with Crippen LogP contribution in [0.1, 0.15) is 63.5 Å². The fourth-order valence-electron chi connectivity index (χ4n) is 6.01. The van der Waals surface area contributed by atoms with Crippen LogP contribution in [0, 0.1) is 11.8 Å². The van der Waals surface area contributed by atoms with Crippen LogP contribution in [0.5, 0.6) is 0 Å². The van der Waals surface area contributed by atoms with Crippen LogP contribution < -0.4 is 20.7 Å². The highest BCUT2D eigenvalue weighted by atomic mass is 32.2. The number of allylic oxidation sites excluding steroid dienone is 1. The number of benzene rings is 1.